The highest BCUT2D eigenvalue weighted by Crippen LogP contribution is 2.24. The van der Waals surface area contributed by atoms with E-state index in [1.807, 2.05) is 18.2 Å². The molecule has 1 aliphatic rings. The molecule has 6 heteroatoms. The van der Waals surface area contributed by atoms with Gasteiger partial charge in [-0.3, -0.25) is 0 Å². The van der Waals surface area contributed by atoms with Crippen LogP contribution in [0.25, 0.3) is 10.9 Å². The van der Waals surface area contributed by atoms with Gasteiger partial charge in [0, 0.05) is 42.4 Å². The van der Waals surface area contributed by atoms with Crippen molar-refractivity contribution in [2.45, 2.75) is 19.4 Å². The number of hydrogen-bond acceptors (Lipinski definition) is 3. The van der Waals surface area contributed by atoms with E-state index in [1.165, 1.54) is 6.26 Å². The van der Waals surface area contributed by atoms with E-state index in [-0.39, 0.29) is 0 Å². The Balaban J connectivity index is 1.79. The topological polar surface area (TPSA) is 68.3 Å². The van der Waals surface area contributed by atoms with Gasteiger partial charge in [-0.05, 0) is 43.0 Å². The predicted molar refractivity (Wildman–Crippen MR) is 85.5 cm³/mol. The number of benzene rings is 1. The zero-order valence-corrected chi connectivity index (χ0v) is 13.0. The summed E-state index contributed by atoms with van der Waals surface area (Å²) in [6.45, 7) is 2.12. The highest BCUT2D eigenvalue weighted by molar-refractivity contribution is 7.88. The fourth-order valence-electron chi connectivity index (χ4n) is 3.13. The predicted octanol–water partition coefficient (Wildman–Crippen LogP) is 1.90. The minimum absolute atomic E-state index is 0.363. The van der Waals surface area contributed by atoms with Crippen LogP contribution in [-0.4, -0.2) is 36.6 Å². The summed E-state index contributed by atoms with van der Waals surface area (Å²) in [6, 6.07) is 7.96. The van der Waals surface area contributed by atoms with E-state index in [2.05, 4.69) is 16.8 Å². The number of aromatic nitrogens is 1. The molecule has 5 nitrogen and oxygen atoms in total. The van der Waals surface area contributed by atoms with Crippen LogP contribution in [0.4, 0.5) is 5.69 Å². The number of nitrogen functional groups attached to an aromatic ring is 1. The van der Waals surface area contributed by atoms with Crippen molar-refractivity contribution in [3.63, 3.8) is 0 Å². The summed E-state index contributed by atoms with van der Waals surface area (Å²) in [5.74, 6) is 0.363. The third-order valence-electron chi connectivity index (χ3n) is 4.20. The van der Waals surface area contributed by atoms with Gasteiger partial charge >= 0.3 is 0 Å². The molecule has 1 fully saturated rings. The summed E-state index contributed by atoms with van der Waals surface area (Å²) in [5, 5.41) is 1.13. The fraction of sp³-hybridized carbons (Fsp3) is 0.467. The van der Waals surface area contributed by atoms with Gasteiger partial charge < -0.3 is 10.3 Å². The lowest BCUT2D eigenvalue weighted by atomic mass is 9.99. The normalized spacial score (nSPS) is 20.9. The lowest BCUT2D eigenvalue weighted by molar-refractivity contribution is 0.248. The zero-order valence-electron chi connectivity index (χ0n) is 12.2. The molecule has 0 amide bonds. The van der Waals surface area contributed by atoms with Crippen molar-refractivity contribution in [2.75, 3.05) is 25.1 Å². The van der Waals surface area contributed by atoms with Crippen LogP contribution in [0.1, 0.15) is 12.8 Å². The third-order valence-corrected chi connectivity index (χ3v) is 5.47. The van der Waals surface area contributed by atoms with Crippen LogP contribution in [-0.2, 0) is 16.6 Å². The number of anilines is 1. The second-order valence-corrected chi connectivity index (χ2v) is 7.90. The molecular formula is C15H21N3O2S. The van der Waals surface area contributed by atoms with Crippen molar-refractivity contribution in [1.82, 2.24) is 8.87 Å². The molecule has 1 aromatic heterocycles. The van der Waals surface area contributed by atoms with Crippen molar-refractivity contribution < 1.29 is 8.42 Å². The van der Waals surface area contributed by atoms with Crippen LogP contribution in [0.5, 0.6) is 0 Å². The number of nitrogens with zero attached hydrogens (tertiary/aromatic N) is 2. The minimum atomic E-state index is -3.08. The number of sulfonamides is 1. The van der Waals surface area contributed by atoms with Gasteiger partial charge in [-0.1, -0.05) is 0 Å². The average Bonchev–Trinajstić information content (AvgIpc) is 2.80. The van der Waals surface area contributed by atoms with Gasteiger partial charge in [-0.25, -0.2) is 12.7 Å². The van der Waals surface area contributed by atoms with E-state index in [0.29, 0.717) is 19.0 Å². The first-order valence-corrected chi connectivity index (χ1v) is 9.08. The molecule has 2 aromatic rings. The first-order chi connectivity index (χ1) is 9.93. The van der Waals surface area contributed by atoms with Crippen LogP contribution in [0, 0.1) is 5.92 Å². The van der Waals surface area contributed by atoms with E-state index in [4.69, 9.17) is 5.73 Å². The van der Waals surface area contributed by atoms with Gasteiger partial charge in [0.1, 0.15) is 0 Å². The lowest BCUT2D eigenvalue weighted by Gasteiger charge is -2.31. The molecule has 0 saturated carbocycles. The second-order valence-electron chi connectivity index (χ2n) is 5.92. The first-order valence-electron chi connectivity index (χ1n) is 7.23. The van der Waals surface area contributed by atoms with Crippen LogP contribution < -0.4 is 5.73 Å². The maximum absolute atomic E-state index is 11.7. The monoisotopic (exact) mass is 307 g/mol. The Bertz CT molecular complexity index is 751. The largest absolute Gasteiger partial charge is 0.399 e. The van der Waals surface area contributed by atoms with Gasteiger partial charge in [0.25, 0.3) is 0 Å². The van der Waals surface area contributed by atoms with Gasteiger partial charge in [-0.2, -0.15) is 0 Å². The molecule has 1 aromatic carbocycles. The van der Waals surface area contributed by atoms with Gasteiger partial charge in [0.2, 0.25) is 10.0 Å². The molecule has 21 heavy (non-hydrogen) atoms. The molecule has 3 rings (SSSR count). The summed E-state index contributed by atoms with van der Waals surface area (Å²) >= 11 is 0. The highest BCUT2D eigenvalue weighted by atomic mass is 32.2. The molecule has 1 unspecified atom stereocenters. The Morgan fingerprint density at radius 3 is 2.90 bits per heavy atom. The Labute approximate surface area is 125 Å². The molecule has 0 aliphatic carbocycles. The van der Waals surface area contributed by atoms with Crippen LogP contribution in [0.15, 0.2) is 30.5 Å². The summed E-state index contributed by atoms with van der Waals surface area (Å²) in [6.07, 6.45) is 5.36. The van der Waals surface area contributed by atoms with Gasteiger partial charge in [0.15, 0.2) is 0 Å². The number of piperidine rings is 1. The summed E-state index contributed by atoms with van der Waals surface area (Å²) in [4.78, 5) is 0. The van der Waals surface area contributed by atoms with E-state index in [0.717, 1.165) is 36.0 Å². The lowest BCUT2D eigenvalue weighted by Crippen LogP contribution is -2.40. The number of fused-ring (bicyclic) bond motifs is 1. The Kier molecular flexibility index (Phi) is 3.67. The molecule has 1 aliphatic heterocycles. The van der Waals surface area contributed by atoms with Crippen molar-refractivity contribution in [2.24, 2.45) is 5.92 Å². The van der Waals surface area contributed by atoms with Gasteiger partial charge in [-0.15, -0.1) is 0 Å². The van der Waals surface area contributed by atoms with Crippen LogP contribution in [0.3, 0.4) is 0 Å². The molecule has 2 N–H and O–H groups in total. The molecule has 2 heterocycles. The van der Waals surface area contributed by atoms with E-state index in [1.54, 1.807) is 4.31 Å². The van der Waals surface area contributed by atoms with Crippen molar-refractivity contribution in [3.05, 3.63) is 30.5 Å². The molecular weight excluding hydrogens is 286 g/mol. The van der Waals surface area contributed by atoms with E-state index < -0.39 is 10.0 Å². The molecule has 1 atom stereocenters. The van der Waals surface area contributed by atoms with Gasteiger partial charge in [0.05, 0.1) is 6.26 Å². The Morgan fingerprint density at radius 1 is 1.33 bits per heavy atom. The maximum atomic E-state index is 11.7. The quantitative estimate of drug-likeness (QED) is 0.881. The molecule has 114 valence electrons. The maximum Gasteiger partial charge on any atom is 0.211 e. The Hall–Kier alpha value is -1.53. The molecule has 0 radical (unpaired) electrons. The number of rotatable bonds is 3. The number of hydrogen-bond donors (Lipinski definition) is 1. The van der Waals surface area contributed by atoms with E-state index >= 15 is 0 Å². The van der Waals surface area contributed by atoms with Crippen molar-refractivity contribution in [3.8, 4) is 0 Å². The smallest absolute Gasteiger partial charge is 0.211 e. The average molecular weight is 307 g/mol. The zero-order chi connectivity index (χ0) is 15.0. The van der Waals surface area contributed by atoms with E-state index in [9.17, 15) is 8.42 Å². The molecule has 0 spiro atoms. The SMILES string of the molecule is CS(=O)(=O)N1CCCC(Cn2ccc3cc(N)ccc32)C1. The van der Waals surface area contributed by atoms with Crippen LogP contribution in [0.2, 0.25) is 0 Å². The fourth-order valence-corrected chi connectivity index (χ4v) is 4.08. The third kappa shape index (κ3) is 3.06. The van der Waals surface area contributed by atoms with Crippen LogP contribution >= 0.6 is 0 Å². The summed E-state index contributed by atoms with van der Waals surface area (Å²) in [5.41, 5.74) is 7.72. The van der Waals surface area contributed by atoms with Crippen molar-refractivity contribution in [1.29, 1.82) is 0 Å². The first kappa shape index (κ1) is 14.4. The highest BCUT2D eigenvalue weighted by Gasteiger charge is 2.26. The molecule has 1 saturated heterocycles. The summed E-state index contributed by atoms with van der Waals surface area (Å²) < 4.78 is 27.2. The second kappa shape index (κ2) is 5.35. The Morgan fingerprint density at radius 2 is 2.14 bits per heavy atom. The standard InChI is InChI=1S/C15H21N3O2S/c1-21(19,20)18-7-2-3-12(11-18)10-17-8-6-13-9-14(16)4-5-15(13)17/h4-6,8-9,12H,2-3,7,10-11,16H2,1H3. The molecule has 0 bridgehead atoms. The summed E-state index contributed by atoms with van der Waals surface area (Å²) in [7, 11) is -3.08. The minimum Gasteiger partial charge on any atom is -0.399 e. The number of nitrogens with two attached hydrogens (primary N) is 1. The van der Waals surface area contributed by atoms with Crippen molar-refractivity contribution >= 4 is 26.6 Å².